The maximum Gasteiger partial charge on any atom is 0.264 e. The van der Waals surface area contributed by atoms with Gasteiger partial charge in [0.25, 0.3) is 10.0 Å². The smallest absolute Gasteiger partial charge is 0.264 e. The average Bonchev–Trinajstić information content (AvgIpc) is 2.93. The second-order valence-corrected chi connectivity index (χ2v) is 12.7. The molecule has 0 radical (unpaired) electrons. The number of carbonyl (C=O) groups is 2. The normalized spacial score (nSPS) is 12.3. The van der Waals surface area contributed by atoms with Crippen LogP contribution in [-0.2, 0) is 26.2 Å². The molecule has 1 N–H and O–H groups in total. The van der Waals surface area contributed by atoms with Crippen LogP contribution < -0.4 is 19.1 Å². The first kappa shape index (κ1) is 31.5. The molecule has 0 saturated carbocycles. The van der Waals surface area contributed by atoms with E-state index in [-0.39, 0.29) is 23.0 Å². The molecular formula is C31H39N3O6S. The third-order valence-corrected chi connectivity index (χ3v) is 8.15. The van der Waals surface area contributed by atoms with Gasteiger partial charge in [-0.2, -0.15) is 0 Å². The van der Waals surface area contributed by atoms with Crippen LogP contribution in [0.3, 0.4) is 0 Å². The average molecular weight is 582 g/mol. The number of ether oxygens (including phenoxy) is 2. The van der Waals surface area contributed by atoms with Gasteiger partial charge in [-0.05, 0) is 64.4 Å². The summed E-state index contributed by atoms with van der Waals surface area (Å²) in [6.07, 6.45) is 0. The second kappa shape index (κ2) is 13.1. The Morgan fingerprint density at radius 1 is 0.902 bits per heavy atom. The van der Waals surface area contributed by atoms with Crippen molar-refractivity contribution in [3.05, 3.63) is 83.9 Å². The highest BCUT2D eigenvalue weighted by molar-refractivity contribution is 7.92. The molecule has 0 saturated heterocycles. The van der Waals surface area contributed by atoms with Crippen molar-refractivity contribution in [1.82, 2.24) is 10.2 Å². The summed E-state index contributed by atoms with van der Waals surface area (Å²) in [6, 6.07) is 19.3. The Morgan fingerprint density at radius 3 is 2.15 bits per heavy atom. The van der Waals surface area contributed by atoms with E-state index in [4.69, 9.17) is 9.47 Å². The molecule has 0 aliphatic carbocycles. The quantitative estimate of drug-likeness (QED) is 0.357. The largest absolute Gasteiger partial charge is 0.493 e. The SMILES string of the molecule is COc1ccc(N(CC(=O)N(Cc2cccc(C)c2)[C@@H](C)C(=O)NC(C)(C)C)S(=O)(=O)c2ccccc2)cc1OC. The van der Waals surface area contributed by atoms with Crippen molar-refractivity contribution in [1.29, 1.82) is 0 Å². The highest BCUT2D eigenvalue weighted by Crippen LogP contribution is 2.34. The summed E-state index contributed by atoms with van der Waals surface area (Å²) in [6.45, 7) is 8.72. The van der Waals surface area contributed by atoms with Gasteiger partial charge in [0.2, 0.25) is 11.8 Å². The number of hydrogen-bond donors (Lipinski definition) is 1. The van der Waals surface area contributed by atoms with Crippen LogP contribution in [0.15, 0.2) is 77.7 Å². The lowest BCUT2D eigenvalue weighted by Crippen LogP contribution is -2.54. The Bertz CT molecular complexity index is 1470. The molecule has 0 heterocycles. The van der Waals surface area contributed by atoms with E-state index < -0.39 is 34.1 Å². The fourth-order valence-corrected chi connectivity index (χ4v) is 5.72. The minimum Gasteiger partial charge on any atom is -0.493 e. The fourth-order valence-electron chi connectivity index (χ4n) is 4.29. The molecule has 0 aliphatic heterocycles. The Balaban J connectivity index is 2.09. The maximum absolute atomic E-state index is 14.1. The molecular weight excluding hydrogens is 542 g/mol. The van der Waals surface area contributed by atoms with E-state index in [1.807, 2.05) is 52.0 Å². The number of nitrogens with one attached hydrogen (secondary N) is 1. The van der Waals surface area contributed by atoms with E-state index in [0.29, 0.717) is 11.5 Å². The van der Waals surface area contributed by atoms with Gasteiger partial charge in [-0.1, -0.05) is 48.0 Å². The van der Waals surface area contributed by atoms with Crippen molar-refractivity contribution in [3.8, 4) is 11.5 Å². The van der Waals surface area contributed by atoms with Gasteiger partial charge in [-0.25, -0.2) is 8.42 Å². The number of aryl methyl sites for hydroxylation is 1. The summed E-state index contributed by atoms with van der Waals surface area (Å²) in [7, 11) is -1.27. The molecule has 0 bridgehead atoms. The monoisotopic (exact) mass is 581 g/mol. The minimum absolute atomic E-state index is 0.0198. The zero-order valence-corrected chi connectivity index (χ0v) is 25.5. The molecule has 41 heavy (non-hydrogen) atoms. The summed E-state index contributed by atoms with van der Waals surface area (Å²) < 4.78 is 39.6. The van der Waals surface area contributed by atoms with Crippen LogP contribution in [0, 0.1) is 6.92 Å². The molecule has 3 aromatic rings. The van der Waals surface area contributed by atoms with Crippen molar-refractivity contribution < 1.29 is 27.5 Å². The summed E-state index contributed by atoms with van der Waals surface area (Å²) >= 11 is 0. The van der Waals surface area contributed by atoms with Gasteiger partial charge in [-0.3, -0.25) is 13.9 Å². The number of carbonyl (C=O) groups excluding carboxylic acids is 2. The van der Waals surface area contributed by atoms with E-state index in [0.717, 1.165) is 15.4 Å². The Kier molecular flexibility index (Phi) is 10.0. The predicted octanol–water partition coefficient (Wildman–Crippen LogP) is 4.54. The summed E-state index contributed by atoms with van der Waals surface area (Å²) in [4.78, 5) is 28.7. The van der Waals surface area contributed by atoms with Crippen molar-refractivity contribution in [2.24, 2.45) is 0 Å². The van der Waals surface area contributed by atoms with E-state index in [2.05, 4.69) is 5.32 Å². The number of anilines is 1. The van der Waals surface area contributed by atoms with Crippen LogP contribution in [0.25, 0.3) is 0 Å². The molecule has 2 amide bonds. The number of benzene rings is 3. The molecule has 0 spiro atoms. The van der Waals surface area contributed by atoms with Crippen molar-refractivity contribution >= 4 is 27.5 Å². The van der Waals surface area contributed by atoms with Gasteiger partial charge >= 0.3 is 0 Å². The first-order valence-electron chi connectivity index (χ1n) is 13.2. The first-order chi connectivity index (χ1) is 19.3. The highest BCUT2D eigenvalue weighted by Gasteiger charge is 2.33. The van der Waals surface area contributed by atoms with Crippen LogP contribution in [0.2, 0.25) is 0 Å². The van der Waals surface area contributed by atoms with E-state index in [1.54, 1.807) is 37.3 Å². The van der Waals surface area contributed by atoms with Crippen LogP contribution in [-0.4, -0.2) is 57.5 Å². The molecule has 3 aromatic carbocycles. The molecule has 9 nitrogen and oxygen atoms in total. The van der Waals surface area contributed by atoms with Gasteiger partial charge in [0.15, 0.2) is 11.5 Å². The zero-order valence-electron chi connectivity index (χ0n) is 24.7. The fraction of sp³-hybridized carbons (Fsp3) is 0.355. The third-order valence-electron chi connectivity index (χ3n) is 6.37. The third kappa shape index (κ3) is 8.00. The molecule has 0 aliphatic rings. The van der Waals surface area contributed by atoms with Crippen molar-refractivity contribution in [2.45, 2.75) is 57.6 Å². The molecule has 0 unspecified atom stereocenters. The van der Waals surface area contributed by atoms with Crippen LogP contribution in [0.5, 0.6) is 11.5 Å². The van der Waals surface area contributed by atoms with Crippen LogP contribution in [0.4, 0.5) is 5.69 Å². The summed E-state index contributed by atoms with van der Waals surface area (Å²) in [5.41, 5.74) is 1.51. The summed E-state index contributed by atoms with van der Waals surface area (Å²) in [5, 5.41) is 2.93. The first-order valence-corrected chi connectivity index (χ1v) is 14.7. The maximum atomic E-state index is 14.1. The van der Waals surface area contributed by atoms with E-state index in [9.17, 15) is 18.0 Å². The van der Waals surface area contributed by atoms with E-state index >= 15 is 0 Å². The Hall–Kier alpha value is -4.05. The number of amides is 2. The number of rotatable bonds is 11. The highest BCUT2D eigenvalue weighted by atomic mass is 32.2. The zero-order chi connectivity index (χ0) is 30.4. The molecule has 220 valence electrons. The van der Waals surface area contributed by atoms with Crippen LogP contribution in [0.1, 0.15) is 38.8 Å². The lowest BCUT2D eigenvalue weighted by molar-refractivity contribution is -0.140. The van der Waals surface area contributed by atoms with Gasteiger partial charge in [0, 0.05) is 18.2 Å². The summed E-state index contributed by atoms with van der Waals surface area (Å²) in [5.74, 6) is -0.173. The second-order valence-electron chi connectivity index (χ2n) is 10.8. The van der Waals surface area contributed by atoms with Gasteiger partial charge in [0.1, 0.15) is 12.6 Å². The van der Waals surface area contributed by atoms with Crippen molar-refractivity contribution in [3.63, 3.8) is 0 Å². The molecule has 1 atom stereocenters. The van der Waals surface area contributed by atoms with Crippen molar-refractivity contribution in [2.75, 3.05) is 25.1 Å². The number of nitrogens with zero attached hydrogens (tertiary/aromatic N) is 2. The number of methoxy groups -OCH3 is 2. The van der Waals surface area contributed by atoms with E-state index in [1.165, 1.54) is 37.3 Å². The number of hydrogen-bond acceptors (Lipinski definition) is 6. The van der Waals surface area contributed by atoms with Gasteiger partial charge < -0.3 is 19.7 Å². The molecule has 0 fully saturated rings. The molecule has 3 rings (SSSR count). The lowest BCUT2D eigenvalue weighted by atomic mass is 10.1. The lowest BCUT2D eigenvalue weighted by Gasteiger charge is -2.33. The molecule has 0 aromatic heterocycles. The van der Waals surface area contributed by atoms with Gasteiger partial charge in [0.05, 0.1) is 24.8 Å². The van der Waals surface area contributed by atoms with Gasteiger partial charge in [-0.15, -0.1) is 0 Å². The number of sulfonamides is 1. The Labute approximate surface area is 243 Å². The van der Waals surface area contributed by atoms with Crippen LogP contribution >= 0.6 is 0 Å². The standard InChI is InChI=1S/C31H39N3O6S/c1-22-12-11-13-24(18-22)20-33(23(2)30(36)32-31(3,4)5)29(35)21-34(41(37,38)26-14-9-8-10-15-26)25-16-17-27(39-6)28(19-25)40-7/h8-19,23H,20-21H2,1-7H3,(H,32,36)/t23-/m0/s1. The molecule has 10 heteroatoms. The Morgan fingerprint density at radius 2 is 1.56 bits per heavy atom. The minimum atomic E-state index is -4.19. The topological polar surface area (TPSA) is 105 Å². The predicted molar refractivity (Wildman–Crippen MR) is 160 cm³/mol.